The normalized spacial score (nSPS) is 23.9. The van der Waals surface area contributed by atoms with Crippen molar-refractivity contribution in [2.24, 2.45) is 0 Å². The van der Waals surface area contributed by atoms with Crippen LogP contribution in [0.15, 0.2) is 6.07 Å². The van der Waals surface area contributed by atoms with Gasteiger partial charge < -0.3 is 15.5 Å². The van der Waals surface area contributed by atoms with Gasteiger partial charge in [0.15, 0.2) is 5.69 Å². The van der Waals surface area contributed by atoms with E-state index in [0.717, 1.165) is 32.1 Å². The van der Waals surface area contributed by atoms with Crippen LogP contribution in [0.4, 0.5) is 0 Å². The Bertz CT molecular complexity index is 781. The molecule has 0 unspecified atom stereocenters. The molecule has 0 bridgehead atoms. The first-order chi connectivity index (χ1) is 13.8. The molecule has 3 rings (SSSR count). The summed E-state index contributed by atoms with van der Waals surface area (Å²) in [7, 11) is 1.64. The van der Waals surface area contributed by atoms with Gasteiger partial charge in [0, 0.05) is 25.2 Å². The fourth-order valence-corrected chi connectivity index (χ4v) is 4.00. The zero-order chi connectivity index (χ0) is 21.2. The van der Waals surface area contributed by atoms with Crippen LogP contribution < -0.4 is 10.6 Å². The van der Waals surface area contributed by atoms with E-state index in [-0.39, 0.29) is 42.0 Å². The van der Waals surface area contributed by atoms with Crippen molar-refractivity contribution < 1.29 is 14.4 Å². The Hall–Kier alpha value is -2.38. The van der Waals surface area contributed by atoms with Gasteiger partial charge in [0.2, 0.25) is 5.91 Å². The van der Waals surface area contributed by atoms with Crippen LogP contribution in [0.2, 0.25) is 0 Å². The summed E-state index contributed by atoms with van der Waals surface area (Å²) in [5.74, 6) is -0.766. The number of carbonyl (C=O) groups is 3. The fourth-order valence-electron chi connectivity index (χ4n) is 4.00. The van der Waals surface area contributed by atoms with Gasteiger partial charge in [-0.25, -0.2) is 0 Å². The third kappa shape index (κ3) is 4.31. The number of carbonyl (C=O) groups excluding carboxylic acids is 3. The summed E-state index contributed by atoms with van der Waals surface area (Å²) >= 11 is 0. The maximum absolute atomic E-state index is 13.2. The van der Waals surface area contributed by atoms with Crippen LogP contribution in [0, 0.1) is 0 Å². The molecular weight excluding hydrogens is 370 g/mol. The summed E-state index contributed by atoms with van der Waals surface area (Å²) in [4.78, 5) is 40.0. The topological polar surface area (TPSA) is 96.3 Å². The Labute approximate surface area is 172 Å². The van der Waals surface area contributed by atoms with E-state index in [9.17, 15) is 14.4 Å². The summed E-state index contributed by atoms with van der Waals surface area (Å²) in [6.45, 7) is 5.89. The molecule has 0 radical (unpaired) electrons. The Morgan fingerprint density at radius 1 is 1.28 bits per heavy atom. The quantitative estimate of drug-likeness (QED) is 0.736. The molecular formula is C21H33N5O3. The highest BCUT2D eigenvalue weighted by molar-refractivity contribution is 6.01. The molecule has 2 N–H and O–H groups in total. The van der Waals surface area contributed by atoms with Crippen LogP contribution in [-0.4, -0.2) is 57.1 Å². The van der Waals surface area contributed by atoms with Crippen LogP contribution in [-0.2, 0) is 11.3 Å². The number of hydrogen-bond acceptors (Lipinski definition) is 4. The molecule has 0 saturated heterocycles. The average molecular weight is 404 g/mol. The van der Waals surface area contributed by atoms with Crippen LogP contribution in [0.5, 0.6) is 0 Å². The van der Waals surface area contributed by atoms with Crippen molar-refractivity contribution in [2.75, 3.05) is 7.05 Å². The van der Waals surface area contributed by atoms with Gasteiger partial charge in [0.25, 0.3) is 11.8 Å². The molecule has 3 amide bonds. The number of hydrogen-bond donors (Lipinski definition) is 2. The summed E-state index contributed by atoms with van der Waals surface area (Å²) in [6.07, 6.45) is 7.42. The highest BCUT2D eigenvalue weighted by atomic mass is 16.2. The van der Waals surface area contributed by atoms with Crippen molar-refractivity contribution in [3.63, 3.8) is 0 Å². The van der Waals surface area contributed by atoms with Crippen molar-refractivity contribution in [1.82, 2.24) is 25.3 Å². The summed E-state index contributed by atoms with van der Waals surface area (Å²) < 4.78 is 1.50. The highest BCUT2D eigenvalue weighted by Crippen LogP contribution is 2.27. The van der Waals surface area contributed by atoms with E-state index in [1.165, 1.54) is 28.5 Å². The molecule has 29 heavy (non-hydrogen) atoms. The number of likely N-dealkylation sites (N-methyl/N-ethyl adjacent to an activating group) is 1. The minimum absolute atomic E-state index is 0.0234. The molecule has 2 aliphatic rings. The third-order valence-corrected chi connectivity index (χ3v) is 6.40. The lowest BCUT2D eigenvalue weighted by Gasteiger charge is -2.41. The molecule has 2 atom stereocenters. The van der Waals surface area contributed by atoms with Gasteiger partial charge in [-0.3, -0.25) is 19.1 Å². The molecule has 1 aliphatic carbocycles. The van der Waals surface area contributed by atoms with Gasteiger partial charge in [0.05, 0.1) is 6.54 Å². The van der Waals surface area contributed by atoms with Crippen LogP contribution in [0.25, 0.3) is 0 Å². The third-order valence-electron chi connectivity index (χ3n) is 6.40. The van der Waals surface area contributed by atoms with Crippen molar-refractivity contribution in [2.45, 2.75) is 89.9 Å². The summed E-state index contributed by atoms with van der Waals surface area (Å²) in [6, 6.07) is 1.69. The molecule has 1 fully saturated rings. The lowest BCUT2D eigenvalue weighted by atomic mass is 9.95. The first-order valence-electron chi connectivity index (χ1n) is 10.7. The Kier molecular flexibility index (Phi) is 6.29. The molecule has 2 heterocycles. The second-order valence-electron chi connectivity index (χ2n) is 8.66. The molecule has 8 heteroatoms. The van der Waals surface area contributed by atoms with Crippen LogP contribution in [0.3, 0.4) is 0 Å². The number of amides is 3. The lowest BCUT2D eigenvalue weighted by molar-refractivity contribution is -0.133. The van der Waals surface area contributed by atoms with Crippen LogP contribution >= 0.6 is 0 Å². The van der Waals surface area contributed by atoms with Gasteiger partial charge in [-0.05, 0) is 33.1 Å². The standard InChI is InChI=1S/C21H33N5O3/c1-5-14(2)22-18(27)16-12-17-19(28)25(4)21(3,13-26(17)24-16)20(29)23-15-10-8-6-7-9-11-15/h12,14-15H,5-11,13H2,1-4H3,(H,22,27)(H,23,29)/t14-,21+/m0/s1. The van der Waals surface area contributed by atoms with E-state index in [4.69, 9.17) is 0 Å². The smallest absolute Gasteiger partial charge is 0.272 e. The van der Waals surface area contributed by atoms with Gasteiger partial charge in [0.1, 0.15) is 11.2 Å². The van der Waals surface area contributed by atoms with Crippen molar-refractivity contribution >= 4 is 17.7 Å². The molecule has 8 nitrogen and oxygen atoms in total. The summed E-state index contributed by atoms with van der Waals surface area (Å²) in [5.41, 5.74) is -0.510. The van der Waals surface area contributed by atoms with Gasteiger partial charge in [-0.1, -0.05) is 32.6 Å². The first kappa shape index (κ1) is 21.3. The SMILES string of the molecule is CC[C@H](C)NC(=O)c1cc2n(n1)C[C@](C)(C(=O)NC1CCCCCC1)N(C)C2=O. The highest BCUT2D eigenvalue weighted by Gasteiger charge is 2.46. The first-order valence-corrected chi connectivity index (χ1v) is 10.7. The van der Waals surface area contributed by atoms with Crippen LogP contribution in [0.1, 0.15) is 86.7 Å². The number of nitrogens with zero attached hydrogens (tertiary/aromatic N) is 3. The van der Waals surface area contributed by atoms with Gasteiger partial charge >= 0.3 is 0 Å². The molecule has 1 aromatic rings. The van der Waals surface area contributed by atoms with E-state index in [0.29, 0.717) is 5.69 Å². The zero-order valence-electron chi connectivity index (χ0n) is 18.0. The molecule has 0 aromatic carbocycles. The van der Waals surface area contributed by atoms with E-state index < -0.39 is 5.54 Å². The Morgan fingerprint density at radius 2 is 1.93 bits per heavy atom. The van der Waals surface area contributed by atoms with E-state index in [1.54, 1.807) is 14.0 Å². The molecule has 160 valence electrons. The number of fused-ring (bicyclic) bond motifs is 1. The maximum Gasteiger partial charge on any atom is 0.272 e. The van der Waals surface area contributed by atoms with Crippen molar-refractivity contribution in [3.8, 4) is 0 Å². The average Bonchev–Trinajstić information content (AvgIpc) is 2.95. The molecule has 1 saturated carbocycles. The largest absolute Gasteiger partial charge is 0.351 e. The van der Waals surface area contributed by atoms with Crippen molar-refractivity contribution in [1.29, 1.82) is 0 Å². The second-order valence-corrected chi connectivity index (χ2v) is 8.66. The fraction of sp³-hybridized carbons (Fsp3) is 0.714. The minimum Gasteiger partial charge on any atom is -0.351 e. The summed E-state index contributed by atoms with van der Waals surface area (Å²) in [5, 5.41) is 10.4. The number of rotatable bonds is 5. The van der Waals surface area contributed by atoms with Gasteiger partial charge in [-0.2, -0.15) is 5.10 Å². The Morgan fingerprint density at radius 3 is 2.55 bits per heavy atom. The van der Waals surface area contributed by atoms with E-state index >= 15 is 0 Å². The number of aromatic nitrogens is 2. The Balaban J connectivity index is 1.79. The predicted octanol–water partition coefficient (Wildman–Crippen LogP) is 2.09. The number of nitrogens with one attached hydrogen (secondary N) is 2. The molecule has 0 spiro atoms. The molecule has 1 aromatic heterocycles. The monoisotopic (exact) mass is 403 g/mol. The second kappa shape index (κ2) is 8.55. The van der Waals surface area contributed by atoms with E-state index in [2.05, 4.69) is 15.7 Å². The zero-order valence-corrected chi connectivity index (χ0v) is 18.0. The lowest BCUT2D eigenvalue weighted by Crippen LogP contribution is -2.63. The van der Waals surface area contributed by atoms with Gasteiger partial charge in [-0.15, -0.1) is 0 Å². The predicted molar refractivity (Wildman–Crippen MR) is 110 cm³/mol. The minimum atomic E-state index is -1.05. The maximum atomic E-state index is 13.2. The van der Waals surface area contributed by atoms with E-state index in [1.807, 2.05) is 13.8 Å². The molecule has 1 aliphatic heterocycles. The van der Waals surface area contributed by atoms with Crippen molar-refractivity contribution in [3.05, 3.63) is 17.5 Å².